The number of hydrogen-bond donors (Lipinski definition) is 0. The zero-order chi connectivity index (χ0) is 19.4. The second-order valence-corrected chi connectivity index (χ2v) is 7.76. The molecule has 1 aromatic heterocycles. The van der Waals surface area contributed by atoms with Crippen LogP contribution < -0.4 is 4.90 Å². The monoisotopic (exact) mass is 417 g/mol. The van der Waals surface area contributed by atoms with E-state index >= 15 is 0 Å². The maximum atomic E-state index is 13.2. The van der Waals surface area contributed by atoms with E-state index in [1.165, 1.54) is 11.1 Å². The van der Waals surface area contributed by atoms with Gasteiger partial charge < -0.3 is 4.90 Å². The van der Waals surface area contributed by atoms with E-state index in [1.54, 1.807) is 11.3 Å². The number of hydrogen-bond acceptors (Lipinski definition) is 4. The fraction of sp³-hybridized carbons (Fsp3) is 0.364. The van der Waals surface area contributed by atoms with Gasteiger partial charge in [0.1, 0.15) is 0 Å². The van der Waals surface area contributed by atoms with Crippen LogP contribution in [0.4, 0.5) is 5.13 Å². The molecule has 0 unspecified atom stereocenters. The third-order valence-corrected chi connectivity index (χ3v) is 6.06. The van der Waals surface area contributed by atoms with Gasteiger partial charge in [0.2, 0.25) is 0 Å². The van der Waals surface area contributed by atoms with Gasteiger partial charge in [-0.25, -0.2) is 4.98 Å². The van der Waals surface area contributed by atoms with Crippen LogP contribution in [0.1, 0.15) is 35.3 Å². The molecule has 0 fully saturated rings. The highest BCUT2D eigenvalue weighted by Crippen LogP contribution is 2.31. The molecule has 0 saturated carbocycles. The highest BCUT2D eigenvalue weighted by Gasteiger charge is 2.22. The van der Waals surface area contributed by atoms with E-state index < -0.39 is 0 Å². The number of thiazole rings is 1. The van der Waals surface area contributed by atoms with Crippen LogP contribution in [0.3, 0.4) is 0 Å². The van der Waals surface area contributed by atoms with E-state index in [9.17, 15) is 4.79 Å². The van der Waals surface area contributed by atoms with Gasteiger partial charge in [0, 0.05) is 18.7 Å². The molecule has 150 valence electrons. The van der Waals surface area contributed by atoms with Crippen molar-refractivity contribution in [3.63, 3.8) is 0 Å². The van der Waals surface area contributed by atoms with E-state index in [0.29, 0.717) is 12.1 Å². The van der Waals surface area contributed by atoms with Crippen LogP contribution in [0.25, 0.3) is 10.2 Å². The van der Waals surface area contributed by atoms with Gasteiger partial charge in [-0.15, -0.1) is 12.4 Å². The molecule has 4 nitrogen and oxygen atoms in total. The van der Waals surface area contributed by atoms with Crippen LogP contribution in [-0.2, 0) is 0 Å². The van der Waals surface area contributed by atoms with Gasteiger partial charge in [0.15, 0.2) is 5.13 Å². The van der Waals surface area contributed by atoms with Gasteiger partial charge in [0.05, 0.1) is 10.2 Å². The number of halogens is 1. The summed E-state index contributed by atoms with van der Waals surface area (Å²) >= 11 is 1.59. The van der Waals surface area contributed by atoms with Gasteiger partial charge in [-0.1, -0.05) is 43.4 Å². The molecule has 0 saturated heterocycles. The van der Waals surface area contributed by atoms with Crippen molar-refractivity contribution in [2.75, 3.05) is 31.1 Å². The van der Waals surface area contributed by atoms with Crippen LogP contribution in [0, 0.1) is 13.8 Å². The van der Waals surface area contributed by atoms with E-state index in [1.807, 2.05) is 35.2 Å². The first-order chi connectivity index (χ1) is 13.0. The zero-order valence-corrected chi connectivity index (χ0v) is 18.6. The number of carbonyl (C=O) groups is 1. The molecule has 0 radical (unpaired) electrons. The number of benzene rings is 2. The summed E-state index contributed by atoms with van der Waals surface area (Å²) in [6, 6.07) is 13.8. The molecule has 3 rings (SSSR count). The summed E-state index contributed by atoms with van der Waals surface area (Å²) in [5, 5.41) is 0.774. The molecule has 6 heteroatoms. The van der Waals surface area contributed by atoms with Crippen LogP contribution >= 0.6 is 23.7 Å². The van der Waals surface area contributed by atoms with Gasteiger partial charge in [-0.05, 0) is 62.3 Å². The first-order valence-electron chi connectivity index (χ1n) is 9.50. The van der Waals surface area contributed by atoms with Crippen molar-refractivity contribution >= 4 is 45.0 Å². The van der Waals surface area contributed by atoms with Crippen molar-refractivity contribution < 1.29 is 4.79 Å². The summed E-state index contributed by atoms with van der Waals surface area (Å²) in [6.45, 7) is 11.9. The molecule has 0 aliphatic rings. The fourth-order valence-electron chi connectivity index (χ4n) is 3.09. The summed E-state index contributed by atoms with van der Waals surface area (Å²) in [7, 11) is 0. The quantitative estimate of drug-likeness (QED) is 0.521. The second-order valence-electron chi connectivity index (χ2n) is 6.75. The number of aromatic nitrogens is 1. The third kappa shape index (κ3) is 4.90. The number of carbonyl (C=O) groups excluding carboxylic acids is 1. The highest BCUT2D eigenvalue weighted by molar-refractivity contribution is 7.22. The highest BCUT2D eigenvalue weighted by atomic mass is 35.5. The maximum absolute atomic E-state index is 13.2. The van der Waals surface area contributed by atoms with Crippen molar-refractivity contribution in [2.24, 2.45) is 0 Å². The largest absolute Gasteiger partial charge is 0.302 e. The normalized spacial score (nSPS) is 10.9. The molecule has 0 aliphatic heterocycles. The Morgan fingerprint density at radius 2 is 1.64 bits per heavy atom. The smallest absolute Gasteiger partial charge is 0.260 e. The maximum Gasteiger partial charge on any atom is 0.260 e. The van der Waals surface area contributed by atoms with Gasteiger partial charge in [-0.3, -0.25) is 9.69 Å². The van der Waals surface area contributed by atoms with Gasteiger partial charge in [-0.2, -0.15) is 0 Å². The molecule has 1 heterocycles. The van der Waals surface area contributed by atoms with Crippen molar-refractivity contribution in [3.8, 4) is 0 Å². The lowest BCUT2D eigenvalue weighted by atomic mass is 10.1. The number of likely N-dealkylation sites (N-methyl/N-ethyl adjacent to an activating group) is 1. The second kappa shape index (κ2) is 10.0. The SMILES string of the molecule is CCN(CC)CCN(C(=O)c1ccccc1)c1nc2cc(C)c(C)cc2s1.Cl. The van der Waals surface area contributed by atoms with E-state index in [4.69, 9.17) is 4.98 Å². The van der Waals surface area contributed by atoms with Gasteiger partial charge in [0.25, 0.3) is 5.91 Å². The Labute approximate surface area is 177 Å². The first-order valence-corrected chi connectivity index (χ1v) is 10.3. The molecular formula is C22H28ClN3OS. The molecule has 0 atom stereocenters. The summed E-state index contributed by atoms with van der Waals surface area (Å²) < 4.78 is 1.13. The first kappa shape index (κ1) is 22.3. The van der Waals surface area contributed by atoms with E-state index in [2.05, 4.69) is 44.7 Å². The average molecular weight is 418 g/mol. The molecule has 28 heavy (non-hydrogen) atoms. The average Bonchev–Trinajstić information content (AvgIpc) is 3.08. The van der Waals surface area contributed by atoms with Crippen molar-refractivity contribution in [3.05, 3.63) is 59.2 Å². The number of nitrogens with zero attached hydrogens (tertiary/aromatic N) is 3. The molecule has 1 amide bonds. The molecule has 0 spiro atoms. The van der Waals surface area contributed by atoms with E-state index in [-0.39, 0.29) is 18.3 Å². The molecule has 0 bridgehead atoms. The number of amides is 1. The number of rotatable bonds is 7. The Kier molecular flexibility index (Phi) is 7.98. The predicted octanol–water partition coefficient (Wildman–Crippen LogP) is 5.32. The minimum absolute atomic E-state index is 0. The Balaban J connectivity index is 0.00000280. The lowest BCUT2D eigenvalue weighted by Crippen LogP contribution is -2.38. The molecule has 2 aromatic carbocycles. The number of aryl methyl sites for hydroxylation is 2. The Hall–Kier alpha value is -1.95. The Bertz CT molecular complexity index is 883. The summed E-state index contributed by atoms with van der Waals surface area (Å²) in [5.41, 5.74) is 4.14. The minimum Gasteiger partial charge on any atom is -0.302 e. The van der Waals surface area contributed by atoms with Crippen LogP contribution in [0.2, 0.25) is 0 Å². The van der Waals surface area contributed by atoms with Gasteiger partial charge >= 0.3 is 0 Å². The van der Waals surface area contributed by atoms with Crippen molar-refractivity contribution in [2.45, 2.75) is 27.7 Å². The number of anilines is 1. The molecule has 3 aromatic rings. The predicted molar refractivity (Wildman–Crippen MR) is 122 cm³/mol. The Morgan fingerprint density at radius 1 is 1.00 bits per heavy atom. The van der Waals surface area contributed by atoms with Crippen molar-refractivity contribution in [1.82, 2.24) is 9.88 Å². The number of fused-ring (bicyclic) bond motifs is 1. The van der Waals surface area contributed by atoms with Crippen LogP contribution in [-0.4, -0.2) is 42.0 Å². The topological polar surface area (TPSA) is 36.4 Å². The summed E-state index contributed by atoms with van der Waals surface area (Å²) in [4.78, 5) is 22.2. The Morgan fingerprint density at radius 3 is 2.29 bits per heavy atom. The molecular weight excluding hydrogens is 390 g/mol. The van der Waals surface area contributed by atoms with Crippen molar-refractivity contribution in [1.29, 1.82) is 0 Å². The van der Waals surface area contributed by atoms with Crippen LogP contribution in [0.5, 0.6) is 0 Å². The fourth-order valence-corrected chi connectivity index (χ4v) is 4.16. The third-order valence-electron chi connectivity index (χ3n) is 5.02. The zero-order valence-electron chi connectivity index (χ0n) is 16.9. The van der Waals surface area contributed by atoms with E-state index in [0.717, 1.165) is 35.0 Å². The van der Waals surface area contributed by atoms with Crippen LogP contribution in [0.15, 0.2) is 42.5 Å². The standard InChI is InChI=1S/C22H27N3OS.ClH/c1-5-24(6-2)12-13-25(21(26)18-10-8-7-9-11-18)22-23-19-14-16(3)17(4)15-20(19)27-22;/h7-11,14-15H,5-6,12-13H2,1-4H3;1H. The lowest BCUT2D eigenvalue weighted by Gasteiger charge is -2.24. The summed E-state index contributed by atoms with van der Waals surface area (Å²) in [5.74, 6) is 0.00950. The lowest BCUT2D eigenvalue weighted by molar-refractivity contribution is 0.0984. The molecule has 0 aliphatic carbocycles. The molecule has 0 N–H and O–H groups in total. The summed E-state index contributed by atoms with van der Waals surface area (Å²) in [6.07, 6.45) is 0. The minimum atomic E-state index is 0.